The van der Waals surface area contributed by atoms with E-state index in [9.17, 15) is 4.79 Å². The zero-order valence-electron chi connectivity index (χ0n) is 12.1. The predicted molar refractivity (Wildman–Crippen MR) is 87.4 cm³/mol. The SMILES string of the molecule is COc1ccc(C(=O)N(C)Cc2csc(Br)c2)cc1OC. The van der Waals surface area contributed by atoms with E-state index in [1.807, 2.05) is 11.4 Å². The van der Waals surface area contributed by atoms with Crippen molar-refractivity contribution in [2.45, 2.75) is 6.54 Å². The lowest BCUT2D eigenvalue weighted by atomic mass is 10.1. The molecule has 4 nitrogen and oxygen atoms in total. The summed E-state index contributed by atoms with van der Waals surface area (Å²) in [6, 6.07) is 7.19. The molecule has 2 aromatic rings. The van der Waals surface area contributed by atoms with Crippen molar-refractivity contribution in [3.63, 3.8) is 0 Å². The molecule has 0 unspecified atom stereocenters. The van der Waals surface area contributed by atoms with E-state index in [0.717, 1.165) is 9.35 Å². The van der Waals surface area contributed by atoms with Crippen molar-refractivity contribution in [1.29, 1.82) is 0 Å². The molecule has 0 saturated carbocycles. The number of nitrogens with zero attached hydrogens (tertiary/aromatic N) is 1. The third-order valence-electron chi connectivity index (χ3n) is 3.02. The Labute approximate surface area is 136 Å². The average Bonchev–Trinajstić information content (AvgIpc) is 2.90. The maximum atomic E-state index is 12.4. The van der Waals surface area contributed by atoms with Crippen LogP contribution in [-0.2, 0) is 6.54 Å². The van der Waals surface area contributed by atoms with Crippen LogP contribution in [0.3, 0.4) is 0 Å². The fraction of sp³-hybridized carbons (Fsp3) is 0.267. The molecule has 0 spiro atoms. The molecule has 0 aliphatic heterocycles. The third kappa shape index (κ3) is 3.77. The van der Waals surface area contributed by atoms with Crippen molar-refractivity contribution in [2.75, 3.05) is 21.3 Å². The van der Waals surface area contributed by atoms with Gasteiger partial charge in [0.2, 0.25) is 0 Å². The Bertz CT molecular complexity index is 642. The summed E-state index contributed by atoms with van der Waals surface area (Å²) in [6.07, 6.45) is 0. The van der Waals surface area contributed by atoms with Crippen LogP contribution in [0.1, 0.15) is 15.9 Å². The van der Waals surface area contributed by atoms with Crippen molar-refractivity contribution in [2.24, 2.45) is 0 Å². The molecular weight excluding hydrogens is 354 g/mol. The van der Waals surface area contributed by atoms with Gasteiger partial charge in [-0.25, -0.2) is 0 Å². The van der Waals surface area contributed by atoms with Crippen LogP contribution in [0.5, 0.6) is 11.5 Å². The topological polar surface area (TPSA) is 38.8 Å². The van der Waals surface area contributed by atoms with Crippen LogP contribution >= 0.6 is 27.3 Å². The summed E-state index contributed by atoms with van der Waals surface area (Å²) in [7, 11) is 4.91. The molecule has 1 heterocycles. The maximum Gasteiger partial charge on any atom is 0.254 e. The lowest BCUT2D eigenvalue weighted by Crippen LogP contribution is -2.26. The highest BCUT2D eigenvalue weighted by atomic mass is 79.9. The van der Waals surface area contributed by atoms with Crippen LogP contribution in [0.2, 0.25) is 0 Å². The Morgan fingerprint density at radius 3 is 2.52 bits per heavy atom. The number of hydrogen-bond acceptors (Lipinski definition) is 4. The number of carbonyl (C=O) groups excluding carboxylic acids is 1. The first-order valence-electron chi connectivity index (χ1n) is 6.25. The summed E-state index contributed by atoms with van der Waals surface area (Å²) in [6.45, 7) is 0.565. The van der Waals surface area contributed by atoms with Gasteiger partial charge in [-0.3, -0.25) is 4.79 Å². The van der Waals surface area contributed by atoms with Crippen molar-refractivity contribution in [1.82, 2.24) is 4.90 Å². The van der Waals surface area contributed by atoms with E-state index in [1.54, 1.807) is 55.7 Å². The monoisotopic (exact) mass is 369 g/mol. The summed E-state index contributed by atoms with van der Waals surface area (Å²) < 4.78 is 11.5. The Hall–Kier alpha value is -1.53. The molecule has 112 valence electrons. The standard InChI is InChI=1S/C15H16BrNO3S/c1-17(8-10-6-14(16)21-9-10)15(18)11-4-5-12(19-2)13(7-11)20-3/h4-7,9H,8H2,1-3H3. The van der Waals surface area contributed by atoms with Crippen LogP contribution in [0.15, 0.2) is 33.4 Å². The van der Waals surface area contributed by atoms with E-state index in [2.05, 4.69) is 15.9 Å². The molecular formula is C15H16BrNO3S. The Morgan fingerprint density at radius 2 is 1.95 bits per heavy atom. The number of amides is 1. The quantitative estimate of drug-likeness (QED) is 0.804. The summed E-state index contributed by atoms with van der Waals surface area (Å²) in [5, 5.41) is 2.03. The number of rotatable bonds is 5. The van der Waals surface area contributed by atoms with E-state index in [-0.39, 0.29) is 5.91 Å². The fourth-order valence-corrected chi connectivity index (χ4v) is 3.16. The maximum absolute atomic E-state index is 12.4. The number of ether oxygens (including phenoxy) is 2. The Balaban J connectivity index is 2.15. The minimum atomic E-state index is -0.0572. The van der Waals surface area contributed by atoms with E-state index in [1.165, 1.54) is 0 Å². The second kappa shape index (κ2) is 6.95. The van der Waals surface area contributed by atoms with E-state index < -0.39 is 0 Å². The van der Waals surface area contributed by atoms with Gasteiger partial charge in [0.05, 0.1) is 18.0 Å². The number of halogens is 1. The van der Waals surface area contributed by atoms with Crippen molar-refractivity contribution in [3.8, 4) is 11.5 Å². The zero-order valence-corrected chi connectivity index (χ0v) is 14.5. The van der Waals surface area contributed by atoms with Gasteiger partial charge in [0.15, 0.2) is 11.5 Å². The Morgan fingerprint density at radius 1 is 1.24 bits per heavy atom. The summed E-state index contributed by atoms with van der Waals surface area (Å²) in [5.74, 6) is 1.10. The number of hydrogen-bond donors (Lipinski definition) is 0. The van der Waals surface area contributed by atoms with Crippen LogP contribution in [-0.4, -0.2) is 32.1 Å². The molecule has 0 saturated heterocycles. The molecule has 6 heteroatoms. The predicted octanol–water partition coefficient (Wildman–Crippen LogP) is 3.80. The molecule has 21 heavy (non-hydrogen) atoms. The van der Waals surface area contributed by atoms with Crippen molar-refractivity contribution < 1.29 is 14.3 Å². The largest absolute Gasteiger partial charge is 0.493 e. The molecule has 1 aromatic heterocycles. The number of benzene rings is 1. The molecule has 0 aliphatic carbocycles. The van der Waals surface area contributed by atoms with E-state index in [0.29, 0.717) is 23.6 Å². The van der Waals surface area contributed by atoms with Crippen LogP contribution in [0, 0.1) is 0 Å². The first kappa shape index (κ1) is 15.9. The van der Waals surface area contributed by atoms with Gasteiger partial charge < -0.3 is 14.4 Å². The molecule has 0 radical (unpaired) electrons. The Kier molecular flexibility index (Phi) is 5.25. The van der Waals surface area contributed by atoms with Crippen molar-refractivity contribution >= 4 is 33.2 Å². The van der Waals surface area contributed by atoms with Gasteiger partial charge in [0, 0.05) is 19.2 Å². The molecule has 0 aliphatic rings. The minimum absolute atomic E-state index is 0.0572. The van der Waals surface area contributed by atoms with Crippen molar-refractivity contribution in [3.05, 3.63) is 44.6 Å². The molecule has 0 atom stereocenters. The van der Waals surface area contributed by atoms with E-state index >= 15 is 0 Å². The number of thiophene rings is 1. The van der Waals surface area contributed by atoms with Crippen LogP contribution in [0.25, 0.3) is 0 Å². The van der Waals surface area contributed by atoms with Crippen LogP contribution < -0.4 is 9.47 Å². The van der Waals surface area contributed by atoms with Gasteiger partial charge in [-0.2, -0.15) is 0 Å². The summed E-state index contributed by atoms with van der Waals surface area (Å²) in [5.41, 5.74) is 1.67. The van der Waals surface area contributed by atoms with Gasteiger partial charge in [-0.15, -0.1) is 11.3 Å². The highest BCUT2D eigenvalue weighted by Gasteiger charge is 2.15. The zero-order chi connectivity index (χ0) is 15.4. The first-order valence-corrected chi connectivity index (χ1v) is 7.92. The third-order valence-corrected chi connectivity index (χ3v) is 4.57. The van der Waals surface area contributed by atoms with Gasteiger partial charge >= 0.3 is 0 Å². The molecule has 0 N–H and O–H groups in total. The minimum Gasteiger partial charge on any atom is -0.493 e. The molecule has 2 rings (SSSR count). The molecule has 1 aromatic carbocycles. The molecule has 0 fully saturated rings. The van der Waals surface area contributed by atoms with Gasteiger partial charge in [0.25, 0.3) is 5.91 Å². The highest BCUT2D eigenvalue weighted by molar-refractivity contribution is 9.11. The molecule has 0 bridgehead atoms. The van der Waals surface area contributed by atoms with Gasteiger partial charge in [-0.1, -0.05) is 0 Å². The highest BCUT2D eigenvalue weighted by Crippen LogP contribution is 2.28. The number of carbonyl (C=O) groups is 1. The van der Waals surface area contributed by atoms with Crippen LogP contribution in [0.4, 0.5) is 0 Å². The lowest BCUT2D eigenvalue weighted by molar-refractivity contribution is 0.0785. The lowest BCUT2D eigenvalue weighted by Gasteiger charge is -2.17. The first-order chi connectivity index (χ1) is 10.0. The normalized spacial score (nSPS) is 10.3. The van der Waals surface area contributed by atoms with E-state index in [4.69, 9.17) is 9.47 Å². The average molecular weight is 370 g/mol. The smallest absolute Gasteiger partial charge is 0.254 e. The van der Waals surface area contributed by atoms with Gasteiger partial charge in [0.1, 0.15) is 0 Å². The van der Waals surface area contributed by atoms with Gasteiger partial charge in [-0.05, 0) is 51.1 Å². The second-order valence-electron chi connectivity index (χ2n) is 4.49. The number of methoxy groups -OCH3 is 2. The summed E-state index contributed by atoms with van der Waals surface area (Å²) >= 11 is 5.03. The second-order valence-corrected chi connectivity index (χ2v) is 6.78. The summed E-state index contributed by atoms with van der Waals surface area (Å²) in [4.78, 5) is 14.1. The fourth-order valence-electron chi connectivity index (χ4n) is 1.96. The molecule has 1 amide bonds.